The summed E-state index contributed by atoms with van der Waals surface area (Å²) in [5.41, 5.74) is 0. The summed E-state index contributed by atoms with van der Waals surface area (Å²) >= 11 is 3.04. The lowest BCUT2D eigenvalue weighted by Gasteiger charge is -2.12. The van der Waals surface area contributed by atoms with Gasteiger partial charge in [0.25, 0.3) is 5.91 Å². The van der Waals surface area contributed by atoms with E-state index in [4.69, 9.17) is 4.74 Å². The van der Waals surface area contributed by atoms with Gasteiger partial charge in [-0.15, -0.1) is 23.1 Å². The van der Waals surface area contributed by atoms with Crippen LogP contribution in [0, 0.1) is 0 Å². The average molecular weight is 316 g/mol. The van der Waals surface area contributed by atoms with Gasteiger partial charge in [-0.05, 0) is 18.4 Å². The number of carbonyl (C=O) groups excluding carboxylic acids is 3. The number of thioether (sulfide) groups is 1. The molecule has 1 aromatic rings. The Labute approximate surface area is 125 Å². The number of thiophene rings is 1. The maximum atomic E-state index is 11.5. The minimum Gasteiger partial charge on any atom is -0.452 e. The Kier molecular flexibility index (Phi) is 7.10. The SMILES string of the molecule is CNC(=O)NC(=O)C(C)OC(=O)CSCc1cccs1. The molecular weight excluding hydrogens is 300 g/mol. The second-order valence-corrected chi connectivity index (χ2v) is 5.79. The van der Waals surface area contributed by atoms with Crippen LogP contribution in [0.1, 0.15) is 11.8 Å². The summed E-state index contributed by atoms with van der Waals surface area (Å²) in [6.07, 6.45) is -0.998. The number of amides is 3. The number of esters is 1. The van der Waals surface area contributed by atoms with Crippen LogP contribution in [0.3, 0.4) is 0 Å². The molecule has 8 heteroatoms. The Hall–Kier alpha value is -1.54. The highest BCUT2D eigenvalue weighted by Crippen LogP contribution is 2.17. The highest BCUT2D eigenvalue weighted by Gasteiger charge is 2.19. The maximum absolute atomic E-state index is 11.5. The zero-order chi connectivity index (χ0) is 15.0. The molecule has 3 amide bonds. The Morgan fingerprint density at radius 2 is 2.20 bits per heavy atom. The summed E-state index contributed by atoms with van der Waals surface area (Å²) in [6, 6.07) is 3.30. The first-order valence-corrected chi connectivity index (χ1v) is 7.88. The summed E-state index contributed by atoms with van der Waals surface area (Å²) < 4.78 is 4.93. The summed E-state index contributed by atoms with van der Waals surface area (Å²) in [5, 5.41) is 6.25. The van der Waals surface area contributed by atoms with Crippen LogP contribution in [0.2, 0.25) is 0 Å². The van der Waals surface area contributed by atoms with Gasteiger partial charge in [0.1, 0.15) is 0 Å². The van der Waals surface area contributed by atoms with E-state index < -0.39 is 24.0 Å². The van der Waals surface area contributed by atoms with Crippen molar-refractivity contribution in [3.8, 4) is 0 Å². The second-order valence-electron chi connectivity index (χ2n) is 3.77. The molecule has 0 fully saturated rings. The zero-order valence-electron chi connectivity index (χ0n) is 11.2. The van der Waals surface area contributed by atoms with E-state index in [1.807, 2.05) is 22.8 Å². The highest BCUT2D eigenvalue weighted by molar-refractivity contribution is 7.99. The Morgan fingerprint density at radius 3 is 2.80 bits per heavy atom. The Morgan fingerprint density at radius 1 is 1.45 bits per heavy atom. The van der Waals surface area contributed by atoms with Crippen LogP contribution in [0.4, 0.5) is 4.79 Å². The van der Waals surface area contributed by atoms with E-state index in [0.29, 0.717) is 0 Å². The standard InChI is InChI=1S/C12H16N2O4S2/c1-8(11(16)14-12(17)13-2)18-10(15)7-19-6-9-4-3-5-20-9/h3-5,8H,6-7H2,1-2H3,(H2,13,14,16,17). The maximum Gasteiger partial charge on any atom is 0.321 e. The van der Waals surface area contributed by atoms with Gasteiger partial charge < -0.3 is 10.1 Å². The van der Waals surface area contributed by atoms with Crippen molar-refractivity contribution in [2.24, 2.45) is 0 Å². The van der Waals surface area contributed by atoms with Gasteiger partial charge in [-0.2, -0.15) is 0 Å². The van der Waals surface area contributed by atoms with Crippen molar-refractivity contribution in [3.05, 3.63) is 22.4 Å². The van der Waals surface area contributed by atoms with Crippen molar-refractivity contribution < 1.29 is 19.1 Å². The molecule has 0 aliphatic rings. The van der Waals surface area contributed by atoms with Gasteiger partial charge in [0.15, 0.2) is 6.10 Å². The number of hydrogen-bond donors (Lipinski definition) is 2. The summed E-state index contributed by atoms with van der Waals surface area (Å²) in [5.74, 6) is -0.242. The normalized spacial score (nSPS) is 11.5. The first kappa shape index (κ1) is 16.5. The lowest BCUT2D eigenvalue weighted by Crippen LogP contribution is -2.43. The molecule has 2 N–H and O–H groups in total. The first-order valence-electron chi connectivity index (χ1n) is 5.85. The van der Waals surface area contributed by atoms with Crippen molar-refractivity contribution in [2.45, 2.75) is 18.8 Å². The molecular formula is C12H16N2O4S2. The van der Waals surface area contributed by atoms with Crippen LogP contribution >= 0.6 is 23.1 Å². The van der Waals surface area contributed by atoms with E-state index in [1.165, 1.54) is 30.6 Å². The van der Waals surface area contributed by atoms with Gasteiger partial charge in [0.05, 0.1) is 5.75 Å². The van der Waals surface area contributed by atoms with Crippen molar-refractivity contribution >= 4 is 41.0 Å². The first-order chi connectivity index (χ1) is 9.52. The molecule has 1 heterocycles. The van der Waals surface area contributed by atoms with E-state index in [2.05, 4.69) is 5.32 Å². The number of urea groups is 1. The third kappa shape index (κ3) is 6.07. The van der Waals surface area contributed by atoms with Gasteiger partial charge >= 0.3 is 12.0 Å². The van der Waals surface area contributed by atoms with Crippen molar-refractivity contribution in [2.75, 3.05) is 12.8 Å². The fourth-order valence-corrected chi connectivity index (χ4v) is 2.84. The van der Waals surface area contributed by atoms with Crippen LogP contribution in [0.15, 0.2) is 17.5 Å². The third-order valence-corrected chi connectivity index (χ3v) is 4.20. The van der Waals surface area contributed by atoms with Crippen LogP contribution in [0.5, 0.6) is 0 Å². The minimum atomic E-state index is -0.998. The molecule has 6 nitrogen and oxygen atoms in total. The quantitative estimate of drug-likeness (QED) is 0.774. The van der Waals surface area contributed by atoms with E-state index in [0.717, 1.165) is 5.75 Å². The molecule has 0 aromatic carbocycles. The van der Waals surface area contributed by atoms with Gasteiger partial charge in [0, 0.05) is 17.7 Å². The Balaban J connectivity index is 2.23. The van der Waals surface area contributed by atoms with Crippen LogP contribution < -0.4 is 10.6 Å². The van der Waals surface area contributed by atoms with Gasteiger partial charge in [-0.1, -0.05) is 6.07 Å². The minimum absolute atomic E-state index is 0.162. The van der Waals surface area contributed by atoms with Gasteiger partial charge in [-0.25, -0.2) is 4.79 Å². The number of imide groups is 1. The molecule has 1 unspecified atom stereocenters. The van der Waals surface area contributed by atoms with E-state index in [9.17, 15) is 14.4 Å². The molecule has 1 atom stereocenters. The van der Waals surface area contributed by atoms with E-state index in [1.54, 1.807) is 11.3 Å². The molecule has 1 aromatic heterocycles. The number of rotatable bonds is 6. The zero-order valence-corrected chi connectivity index (χ0v) is 12.8. The highest BCUT2D eigenvalue weighted by atomic mass is 32.2. The molecule has 0 saturated heterocycles. The molecule has 0 saturated carbocycles. The Bertz CT molecular complexity index is 462. The molecule has 0 radical (unpaired) electrons. The largest absolute Gasteiger partial charge is 0.452 e. The third-order valence-electron chi connectivity index (χ3n) is 2.19. The average Bonchev–Trinajstić information content (AvgIpc) is 2.91. The second kappa shape index (κ2) is 8.60. The predicted molar refractivity (Wildman–Crippen MR) is 78.6 cm³/mol. The molecule has 0 aliphatic carbocycles. The van der Waals surface area contributed by atoms with Crippen molar-refractivity contribution in [1.82, 2.24) is 10.6 Å². The number of ether oxygens (including phenoxy) is 1. The number of hydrogen-bond acceptors (Lipinski definition) is 6. The molecule has 0 bridgehead atoms. The van der Waals surface area contributed by atoms with E-state index in [-0.39, 0.29) is 5.75 Å². The summed E-state index contributed by atoms with van der Waals surface area (Å²) in [7, 11) is 1.39. The molecule has 20 heavy (non-hydrogen) atoms. The topological polar surface area (TPSA) is 84.5 Å². The smallest absolute Gasteiger partial charge is 0.321 e. The van der Waals surface area contributed by atoms with Crippen LogP contribution in [-0.4, -0.2) is 36.8 Å². The van der Waals surface area contributed by atoms with Crippen LogP contribution in [-0.2, 0) is 20.1 Å². The van der Waals surface area contributed by atoms with Crippen molar-refractivity contribution in [1.29, 1.82) is 0 Å². The molecule has 1 rings (SSSR count). The lowest BCUT2D eigenvalue weighted by atomic mass is 10.4. The molecule has 0 aliphatic heterocycles. The monoisotopic (exact) mass is 316 g/mol. The number of nitrogens with one attached hydrogen (secondary N) is 2. The molecule has 110 valence electrons. The summed E-state index contributed by atoms with van der Waals surface area (Å²) in [6.45, 7) is 1.42. The summed E-state index contributed by atoms with van der Waals surface area (Å²) in [4.78, 5) is 35.1. The number of carbonyl (C=O) groups is 3. The molecule has 0 spiro atoms. The van der Waals surface area contributed by atoms with Gasteiger partial charge in [-0.3, -0.25) is 14.9 Å². The van der Waals surface area contributed by atoms with Gasteiger partial charge in [0.2, 0.25) is 0 Å². The fraction of sp³-hybridized carbons (Fsp3) is 0.417. The predicted octanol–water partition coefficient (Wildman–Crippen LogP) is 1.37. The van der Waals surface area contributed by atoms with E-state index >= 15 is 0 Å². The van der Waals surface area contributed by atoms with Crippen molar-refractivity contribution in [3.63, 3.8) is 0 Å². The fourth-order valence-electron chi connectivity index (χ4n) is 1.19. The lowest BCUT2D eigenvalue weighted by molar-refractivity contribution is -0.151. The van der Waals surface area contributed by atoms with Crippen LogP contribution in [0.25, 0.3) is 0 Å².